The van der Waals surface area contributed by atoms with E-state index in [0.29, 0.717) is 47.2 Å². The maximum Gasteiger partial charge on any atom is 0.255 e. The van der Waals surface area contributed by atoms with Crippen LogP contribution in [0.2, 0.25) is 0 Å². The minimum Gasteiger partial charge on any atom is -0.755 e. The normalized spacial score (nSPS) is 12.1. The van der Waals surface area contributed by atoms with Crippen LogP contribution in [0.5, 0.6) is 0 Å². The Morgan fingerprint density at radius 3 is 2.65 bits per heavy atom. The number of rotatable bonds is 12. The lowest BCUT2D eigenvalue weighted by atomic mass is 10.1. The van der Waals surface area contributed by atoms with Crippen molar-refractivity contribution in [3.05, 3.63) is 45.3 Å². The first-order valence-electron chi connectivity index (χ1n) is 10.4. The van der Waals surface area contributed by atoms with Crippen molar-refractivity contribution in [1.82, 2.24) is 10.3 Å². The SMILES string of the molecule is CNC(=O)c1c(-c2ccc(F)cc2)oc2nc(N(CCCCOCCOC)S(=O)[O-])c(I)cc12. The largest absolute Gasteiger partial charge is 0.755 e. The number of nitrogens with zero attached hydrogens (tertiary/aromatic N) is 2. The molecule has 0 radical (unpaired) electrons. The van der Waals surface area contributed by atoms with Gasteiger partial charge in [-0.2, -0.15) is 4.98 Å². The number of pyridine rings is 1. The second-order valence-corrected chi connectivity index (χ2v) is 9.21. The molecule has 0 saturated carbocycles. The van der Waals surface area contributed by atoms with Crippen LogP contribution < -0.4 is 9.62 Å². The fourth-order valence-corrected chi connectivity index (χ4v) is 4.72. The van der Waals surface area contributed by atoms with Gasteiger partial charge in [0.1, 0.15) is 11.6 Å². The van der Waals surface area contributed by atoms with E-state index >= 15 is 0 Å². The van der Waals surface area contributed by atoms with Crippen molar-refractivity contribution in [3.8, 4) is 11.3 Å². The average molecular weight is 604 g/mol. The number of methoxy groups -OCH3 is 1. The minimum absolute atomic E-state index is 0.103. The van der Waals surface area contributed by atoms with Crippen molar-refractivity contribution < 1.29 is 31.8 Å². The van der Waals surface area contributed by atoms with Crippen LogP contribution in [-0.4, -0.2) is 60.2 Å². The molecule has 2 heterocycles. The standard InChI is InChI=1S/C22H25FIN3O6S/c1-25-21(28)18-16-13-17(24)20(27(34(29)30)9-3-4-10-32-12-11-31-2)26-22(16)33-19(18)14-5-7-15(23)8-6-14/h5-8,13H,3-4,9-12H2,1-2H3,(H,25,28)(H,29,30)/p-1. The lowest BCUT2D eigenvalue weighted by molar-refractivity contribution is 0.0690. The molecule has 3 aromatic rings. The zero-order valence-electron chi connectivity index (χ0n) is 18.6. The molecule has 1 aromatic carbocycles. The number of carbonyl (C=O) groups is 1. The van der Waals surface area contributed by atoms with Crippen LogP contribution in [-0.2, 0) is 20.7 Å². The first kappa shape index (κ1) is 26.5. The molecule has 0 aliphatic heterocycles. The van der Waals surface area contributed by atoms with Crippen LogP contribution in [0.25, 0.3) is 22.4 Å². The number of fused-ring (bicyclic) bond motifs is 1. The molecule has 0 bridgehead atoms. The van der Waals surface area contributed by atoms with Crippen LogP contribution in [0.4, 0.5) is 10.2 Å². The summed E-state index contributed by atoms with van der Waals surface area (Å²) in [6.07, 6.45) is 1.21. The Labute approximate surface area is 212 Å². The topological polar surface area (TPSA) is 117 Å². The molecule has 0 fully saturated rings. The monoisotopic (exact) mass is 604 g/mol. The van der Waals surface area contributed by atoms with E-state index in [9.17, 15) is 17.9 Å². The van der Waals surface area contributed by atoms with Crippen molar-refractivity contribution in [1.29, 1.82) is 0 Å². The summed E-state index contributed by atoms with van der Waals surface area (Å²) in [5.74, 6) is -0.405. The number of anilines is 1. The molecule has 0 spiro atoms. The third kappa shape index (κ3) is 6.30. The number of hydrogen-bond donors (Lipinski definition) is 1. The van der Waals surface area contributed by atoms with E-state index in [4.69, 9.17) is 13.9 Å². The fraction of sp³-hybridized carbons (Fsp3) is 0.364. The quantitative estimate of drug-likeness (QED) is 0.191. The number of carbonyl (C=O) groups excluding carboxylic acids is 1. The number of hydrogen-bond acceptors (Lipinski definition) is 7. The Balaban J connectivity index is 1.92. The number of nitrogens with one attached hydrogen (secondary N) is 1. The summed E-state index contributed by atoms with van der Waals surface area (Å²) < 4.78 is 55.3. The molecule has 1 amide bonds. The number of amides is 1. The van der Waals surface area contributed by atoms with Gasteiger partial charge in [0.15, 0.2) is 5.82 Å². The van der Waals surface area contributed by atoms with E-state index in [1.165, 1.54) is 31.3 Å². The molecule has 0 saturated heterocycles. The summed E-state index contributed by atoms with van der Waals surface area (Å²) >= 11 is -0.591. The summed E-state index contributed by atoms with van der Waals surface area (Å²) in [6, 6.07) is 7.19. The molecule has 2 aromatic heterocycles. The van der Waals surface area contributed by atoms with Crippen molar-refractivity contribution in [3.63, 3.8) is 0 Å². The summed E-state index contributed by atoms with van der Waals surface area (Å²) in [7, 11) is 3.08. The van der Waals surface area contributed by atoms with Gasteiger partial charge in [-0.3, -0.25) is 13.3 Å². The van der Waals surface area contributed by atoms with Crippen LogP contribution in [0.15, 0.2) is 34.7 Å². The summed E-state index contributed by atoms with van der Waals surface area (Å²) in [4.78, 5) is 17.1. The van der Waals surface area contributed by atoms with Crippen molar-refractivity contribution in [2.45, 2.75) is 12.8 Å². The van der Waals surface area contributed by atoms with E-state index in [-0.39, 0.29) is 29.4 Å². The van der Waals surface area contributed by atoms with Gasteiger partial charge < -0.3 is 23.8 Å². The van der Waals surface area contributed by atoms with Crippen LogP contribution in [0, 0.1) is 9.39 Å². The van der Waals surface area contributed by atoms with Gasteiger partial charge in [-0.05, 0) is 65.8 Å². The zero-order valence-corrected chi connectivity index (χ0v) is 21.6. The first-order chi connectivity index (χ1) is 16.4. The van der Waals surface area contributed by atoms with E-state index in [1.54, 1.807) is 13.2 Å². The van der Waals surface area contributed by atoms with E-state index < -0.39 is 23.0 Å². The maximum absolute atomic E-state index is 13.4. The van der Waals surface area contributed by atoms with Gasteiger partial charge in [0, 0.05) is 44.1 Å². The molecule has 34 heavy (non-hydrogen) atoms. The van der Waals surface area contributed by atoms with E-state index in [2.05, 4.69) is 10.3 Å². The molecule has 1 atom stereocenters. The van der Waals surface area contributed by atoms with E-state index in [0.717, 1.165) is 4.31 Å². The highest BCUT2D eigenvalue weighted by atomic mass is 127. The molecule has 1 unspecified atom stereocenters. The van der Waals surface area contributed by atoms with Crippen LogP contribution >= 0.6 is 22.6 Å². The van der Waals surface area contributed by atoms with Gasteiger partial charge in [0.2, 0.25) is 5.71 Å². The Bertz CT molecular complexity index is 1160. The van der Waals surface area contributed by atoms with Gasteiger partial charge >= 0.3 is 0 Å². The number of halogens is 2. The summed E-state index contributed by atoms with van der Waals surface area (Å²) in [5, 5.41) is 3.00. The second-order valence-electron chi connectivity index (χ2n) is 7.17. The second kappa shape index (κ2) is 12.5. The minimum atomic E-state index is -2.57. The number of ether oxygens (including phenoxy) is 2. The Kier molecular flexibility index (Phi) is 9.76. The third-order valence-corrected chi connectivity index (χ3v) is 6.44. The molecule has 184 valence electrons. The molecular weight excluding hydrogens is 580 g/mol. The third-order valence-electron chi connectivity index (χ3n) is 4.93. The fourth-order valence-electron chi connectivity index (χ4n) is 3.27. The summed E-state index contributed by atoms with van der Waals surface area (Å²) in [5.41, 5.74) is 0.836. The van der Waals surface area contributed by atoms with Crippen molar-refractivity contribution in [2.75, 3.05) is 44.8 Å². The van der Waals surface area contributed by atoms with Gasteiger partial charge in [-0.25, -0.2) is 4.39 Å². The molecule has 3 rings (SSSR count). The number of unbranched alkanes of at least 4 members (excludes halogenated alkanes) is 1. The predicted molar refractivity (Wildman–Crippen MR) is 134 cm³/mol. The smallest absolute Gasteiger partial charge is 0.255 e. The molecule has 1 N–H and O–H groups in total. The van der Waals surface area contributed by atoms with Gasteiger partial charge in [0.25, 0.3) is 5.91 Å². The molecule has 9 nitrogen and oxygen atoms in total. The highest BCUT2D eigenvalue weighted by Gasteiger charge is 2.25. The number of furan rings is 1. The molecule has 0 aliphatic rings. The molecular formula is C22H24FIN3O6S-. The van der Waals surface area contributed by atoms with Crippen molar-refractivity contribution >= 4 is 56.7 Å². The lowest BCUT2D eigenvalue weighted by Gasteiger charge is -2.26. The average Bonchev–Trinajstić information content (AvgIpc) is 3.18. The molecule has 12 heteroatoms. The van der Waals surface area contributed by atoms with Crippen LogP contribution in [0.3, 0.4) is 0 Å². The highest BCUT2D eigenvalue weighted by molar-refractivity contribution is 14.1. The van der Waals surface area contributed by atoms with Gasteiger partial charge in [-0.15, -0.1) is 0 Å². The Morgan fingerprint density at radius 2 is 2.00 bits per heavy atom. The Hall–Kier alpha value is -2.13. The molecule has 0 aliphatic carbocycles. The zero-order chi connectivity index (χ0) is 24.7. The highest BCUT2D eigenvalue weighted by Crippen LogP contribution is 2.36. The van der Waals surface area contributed by atoms with E-state index in [1.807, 2.05) is 22.6 Å². The first-order valence-corrected chi connectivity index (χ1v) is 12.5. The predicted octanol–water partition coefficient (Wildman–Crippen LogP) is 3.64. The number of aromatic nitrogens is 1. The van der Waals surface area contributed by atoms with Gasteiger partial charge in [0.05, 0.1) is 27.7 Å². The Morgan fingerprint density at radius 1 is 1.26 bits per heavy atom. The summed E-state index contributed by atoms with van der Waals surface area (Å²) in [6.45, 7) is 1.67. The van der Waals surface area contributed by atoms with Crippen LogP contribution in [0.1, 0.15) is 23.2 Å². The van der Waals surface area contributed by atoms with Gasteiger partial charge in [-0.1, -0.05) is 0 Å². The van der Waals surface area contributed by atoms with Crippen molar-refractivity contribution in [2.24, 2.45) is 0 Å². The maximum atomic E-state index is 13.4. The lowest BCUT2D eigenvalue weighted by Crippen LogP contribution is -2.28. The number of benzene rings is 1.